The number of para-hydroxylation sites is 1. The number of aromatic nitrogens is 2. The van der Waals surface area contributed by atoms with Gasteiger partial charge in [0, 0.05) is 61.7 Å². The van der Waals surface area contributed by atoms with Crippen molar-refractivity contribution in [2.75, 3.05) is 13.1 Å². The topological polar surface area (TPSA) is 80.4 Å². The van der Waals surface area contributed by atoms with E-state index in [2.05, 4.69) is 33.4 Å². The van der Waals surface area contributed by atoms with Gasteiger partial charge in [-0.15, -0.1) is 0 Å². The molecule has 1 aromatic carbocycles. The number of benzene rings is 1. The summed E-state index contributed by atoms with van der Waals surface area (Å²) in [5, 5.41) is 8.17. The monoisotopic (exact) mass is 420 g/mol. The predicted octanol–water partition coefficient (Wildman–Crippen LogP) is 3.40. The van der Waals surface area contributed by atoms with Gasteiger partial charge in [0.1, 0.15) is 5.76 Å². The first kappa shape index (κ1) is 19.8. The number of likely N-dealkylation sites (tertiary alicyclic amines) is 1. The van der Waals surface area contributed by atoms with Gasteiger partial charge in [0.25, 0.3) is 5.91 Å². The average Bonchev–Trinajstić information content (AvgIpc) is 3.43. The smallest absolute Gasteiger partial charge is 0.273 e. The molecule has 162 valence electrons. The Bertz CT molecular complexity index is 1100. The van der Waals surface area contributed by atoms with E-state index in [1.807, 2.05) is 24.1 Å². The standard InChI is InChI=1S/C24H28N4O3/c1-27-15-17(19-4-2-3-5-21(19)27)8-9-23(29)28-12-10-18(11-13-28)25-24(30)20-14-22(31-26-20)16-6-7-16/h2-5,14-16,18H,6-13H2,1H3,(H,25,30). The second-order valence-electron chi connectivity index (χ2n) is 8.80. The second-order valence-corrected chi connectivity index (χ2v) is 8.80. The Labute approximate surface area is 181 Å². The highest BCUT2D eigenvalue weighted by molar-refractivity contribution is 5.92. The van der Waals surface area contributed by atoms with Crippen molar-refractivity contribution < 1.29 is 14.1 Å². The summed E-state index contributed by atoms with van der Waals surface area (Å²) < 4.78 is 7.39. The number of hydrogen-bond donors (Lipinski definition) is 1. The molecule has 7 nitrogen and oxygen atoms in total. The fourth-order valence-electron chi connectivity index (χ4n) is 4.51. The molecule has 7 heteroatoms. The van der Waals surface area contributed by atoms with Crippen LogP contribution in [-0.2, 0) is 18.3 Å². The van der Waals surface area contributed by atoms with E-state index in [9.17, 15) is 9.59 Å². The number of carbonyl (C=O) groups excluding carboxylic acids is 2. The molecule has 3 heterocycles. The molecule has 0 radical (unpaired) electrons. The zero-order valence-electron chi connectivity index (χ0n) is 17.8. The summed E-state index contributed by atoms with van der Waals surface area (Å²) in [6.07, 6.45) is 7.13. The van der Waals surface area contributed by atoms with Crippen LogP contribution in [0.1, 0.15) is 59.8 Å². The number of aryl methyl sites for hydroxylation is 2. The van der Waals surface area contributed by atoms with Gasteiger partial charge in [-0.1, -0.05) is 23.4 Å². The summed E-state index contributed by atoms with van der Waals surface area (Å²) in [6, 6.07) is 10.1. The Morgan fingerprint density at radius 3 is 2.71 bits per heavy atom. The van der Waals surface area contributed by atoms with Crippen molar-refractivity contribution in [2.45, 2.75) is 50.5 Å². The zero-order valence-corrected chi connectivity index (χ0v) is 17.8. The van der Waals surface area contributed by atoms with E-state index in [1.165, 1.54) is 16.5 Å². The normalized spacial score (nSPS) is 17.3. The molecule has 2 aliphatic rings. The number of fused-ring (bicyclic) bond motifs is 1. The molecule has 3 aromatic rings. The molecule has 0 bridgehead atoms. The van der Waals surface area contributed by atoms with E-state index in [1.54, 1.807) is 6.07 Å². The summed E-state index contributed by atoms with van der Waals surface area (Å²) in [5.74, 6) is 1.26. The Hall–Kier alpha value is -3.09. The Kier molecular flexibility index (Phi) is 5.26. The van der Waals surface area contributed by atoms with Gasteiger partial charge in [-0.2, -0.15) is 0 Å². The summed E-state index contributed by atoms with van der Waals surface area (Å²) >= 11 is 0. The van der Waals surface area contributed by atoms with Crippen molar-refractivity contribution in [3.63, 3.8) is 0 Å². The summed E-state index contributed by atoms with van der Waals surface area (Å²) in [7, 11) is 2.04. The predicted molar refractivity (Wildman–Crippen MR) is 117 cm³/mol. The van der Waals surface area contributed by atoms with Crippen LogP contribution in [0.5, 0.6) is 0 Å². The Morgan fingerprint density at radius 2 is 1.94 bits per heavy atom. The lowest BCUT2D eigenvalue weighted by atomic mass is 10.0. The first-order chi connectivity index (χ1) is 15.1. The molecule has 1 saturated heterocycles. The first-order valence-electron chi connectivity index (χ1n) is 11.2. The van der Waals surface area contributed by atoms with Crippen LogP contribution >= 0.6 is 0 Å². The van der Waals surface area contributed by atoms with Crippen LogP contribution < -0.4 is 5.32 Å². The lowest BCUT2D eigenvalue weighted by Gasteiger charge is -2.32. The van der Waals surface area contributed by atoms with Crippen molar-refractivity contribution >= 4 is 22.7 Å². The third kappa shape index (κ3) is 4.22. The highest BCUT2D eigenvalue weighted by Gasteiger charge is 2.30. The minimum absolute atomic E-state index is 0.0655. The van der Waals surface area contributed by atoms with Gasteiger partial charge in [0.15, 0.2) is 5.69 Å². The minimum Gasteiger partial charge on any atom is -0.360 e. The van der Waals surface area contributed by atoms with Crippen molar-refractivity contribution in [3.8, 4) is 0 Å². The van der Waals surface area contributed by atoms with Gasteiger partial charge in [0.2, 0.25) is 5.91 Å². The molecule has 5 rings (SSSR count). The lowest BCUT2D eigenvalue weighted by molar-refractivity contribution is -0.132. The quantitative estimate of drug-likeness (QED) is 0.663. The number of hydrogen-bond acceptors (Lipinski definition) is 4. The van der Waals surface area contributed by atoms with Crippen molar-refractivity contribution in [3.05, 3.63) is 53.5 Å². The second kappa shape index (κ2) is 8.21. The molecule has 31 heavy (non-hydrogen) atoms. The molecular formula is C24H28N4O3. The van der Waals surface area contributed by atoms with E-state index in [4.69, 9.17) is 4.52 Å². The molecule has 1 aliphatic heterocycles. The summed E-state index contributed by atoms with van der Waals surface area (Å²) in [5.41, 5.74) is 2.76. The highest BCUT2D eigenvalue weighted by atomic mass is 16.5. The van der Waals surface area contributed by atoms with Crippen LogP contribution in [0.25, 0.3) is 10.9 Å². The van der Waals surface area contributed by atoms with Gasteiger partial charge in [0.05, 0.1) is 0 Å². The summed E-state index contributed by atoms with van der Waals surface area (Å²) in [6.45, 7) is 1.34. The maximum atomic E-state index is 12.7. The van der Waals surface area contributed by atoms with E-state index in [0.717, 1.165) is 37.9 Å². The van der Waals surface area contributed by atoms with E-state index in [0.29, 0.717) is 31.1 Å². The van der Waals surface area contributed by atoms with Gasteiger partial charge >= 0.3 is 0 Å². The average molecular weight is 421 g/mol. The van der Waals surface area contributed by atoms with Gasteiger partial charge in [-0.25, -0.2) is 0 Å². The molecule has 0 unspecified atom stereocenters. The molecular weight excluding hydrogens is 392 g/mol. The molecule has 1 saturated carbocycles. The van der Waals surface area contributed by atoms with E-state index >= 15 is 0 Å². The van der Waals surface area contributed by atoms with Crippen LogP contribution in [0.3, 0.4) is 0 Å². The fourth-order valence-corrected chi connectivity index (χ4v) is 4.51. The zero-order chi connectivity index (χ0) is 21.4. The third-order valence-electron chi connectivity index (χ3n) is 6.51. The number of piperidine rings is 1. The van der Waals surface area contributed by atoms with Crippen LogP contribution in [0.15, 0.2) is 41.1 Å². The molecule has 2 fully saturated rings. The molecule has 1 N–H and O–H groups in total. The molecule has 2 aromatic heterocycles. The molecule has 2 amide bonds. The number of amides is 2. The van der Waals surface area contributed by atoms with E-state index in [-0.39, 0.29) is 17.9 Å². The third-order valence-corrected chi connectivity index (χ3v) is 6.51. The van der Waals surface area contributed by atoms with Crippen molar-refractivity contribution in [1.29, 1.82) is 0 Å². The van der Waals surface area contributed by atoms with Crippen LogP contribution in [-0.4, -0.2) is 45.6 Å². The largest absolute Gasteiger partial charge is 0.360 e. The fraction of sp³-hybridized carbons (Fsp3) is 0.458. The number of nitrogens with zero attached hydrogens (tertiary/aromatic N) is 3. The Balaban J connectivity index is 1.10. The van der Waals surface area contributed by atoms with Gasteiger partial charge in [-0.3, -0.25) is 9.59 Å². The maximum absolute atomic E-state index is 12.7. The number of rotatable bonds is 6. The van der Waals surface area contributed by atoms with Crippen molar-refractivity contribution in [2.24, 2.45) is 7.05 Å². The number of carbonyl (C=O) groups is 2. The minimum atomic E-state index is -0.184. The summed E-state index contributed by atoms with van der Waals surface area (Å²) in [4.78, 5) is 27.1. The van der Waals surface area contributed by atoms with Crippen LogP contribution in [0, 0.1) is 0 Å². The molecule has 0 spiro atoms. The maximum Gasteiger partial charge on any atom is 0.273 e. The van der Waals surface area contributed by atoms with E-state index < -0.39 is 0 Å². The highest BCUT2D eigenvalue weighted by Crippen LogP contribution is 2.40. The van der Waals surface area contributed by atoms with Crippen LogP contribution in [0.2, 0.25) is 0 Å². The van der Waals surface area contributed by atoms with Gasteiger partial charge < -0.3 is 19.3 Å². The van der Waals surface area contributed by atoms with Crippen LogP contribution in [0.4, 0.5) is 0 Å². The molecule has 0 atom stereocenters. The van der Waals surface area contributed by atoms with Gasteiger partial charge in [-0.05, 0) is 43.7 Å². The number of nitrogens with one attached hydrogen (secondary N) is 1. The molecule has 1 aliphatic carbocycles. The SMILES string of the molecule is Cn1cc(CCC(=O)N2CCC(NC(=O)c3cc(C4CC4)on3)CC2)c2ccccc21. The first-order valence-corrected chi connectivity index (χ1v) is 11.2. The lowest BCUT2D eigenvalue weighted by Crippen LogP contribution is -2.46. The van der Waals surface area contributed by atoms with Crippen molar-refractivity contribution in [1.82, 2.24) is 19.9 Å². The Morgan fingerprint density at radius 1 is 1.16 bits per heavy atom.